The largest absolute Gasteiger partial charge is 0.336 e. The Balaban J connectivity index is 1.91. The summed E-state index contributed by atoms with van der Waals surface area (Å²) in [4.78, 5) is 26.0. The van der Waals surface area contributed by atoms with Crippen LogP contribution in [-0.2, 0) is 9.59 Å². The lowest BCUT2D eigenvalue weighted by atomic mass is 9.85. The van der Waals surface area contributed by atoms with Crippen LogP contribution in [0, 0.1) is 11.8 Å². The van der Waals surface area contributed by atoms with Gasteiger partial charge < -0.3 is 4.90 Å². The van der Waals surface area contributed by atoms with Gasteiger partial charge in [0.05, 0.1) is 0 Å². The molecule has 1 aliphatic heterocycles. The van der Waals surface area contributed by atoms with Crippen molar-refractivity contribution in [3.8, 4) is 0 Å². The van der Waals surface area contributed by atoms with E-state index in [1.807, 2.05) is 0 Å². The van der Waals surface area contributed by atoms with E-state index in [0.717, 1.165) is 45.2 Å². The lowest BCUT2D eigenvalue weighted by molar-refractivity contribution is -0.148. The second-order valence-electron chi connectivity index (χ2n) is 5.70. The molecule has 0 spiro atoms. The monoisotopic (exact) mass is 237 g/mol. The van der Waals surface area contributed by atoms with Crippen LogP contribution in [0.15, 0.2) is 0 Å². The molecule has 0 aromatic carbocycles. The molecule has 0 bridgehead atoms. The Bertz CT molecular complexity index is 295. The molecule has 0 radical (unpaired) electrons. The van der Waals surface area contributed by atoms with Gasteiger partial charge in [-0.15, -0.1) is 0 Å². The standard InChI is InChI=1S/C14H23NO2/c1-11-6-5-9-15(10-11)14(17)13(16)12-7-3-2-4-8-12/h11-12H,2-10H2,1H3. The van der Waals surface area contributed by atoms with Crippen molar-refractivity contribution >= 4 is 11.7 Å². The van der Waals surface area contributed by atoms with Crippen LogP contribution in [0.1, 0.15) is 51.9 Å². The van der Waals surface area contributed by atoms with Crippen molar-refractivity contribution in [2.24, 2.45) is 11.8 Å². The molecular weight excluding hydrogens is 214 g/mol. The minimum absolute atomic E-state index is 0.0217. The zero-order valence-corrected chi connectivity index (χ0v) is 10.8. The first-order valence-electron chi connectivity index (χ1n) is 7.01. The Morgan fingerprint density at radius 2 is 1.71 bits per heavy atom. The number of hydrogen-bond donors (Lipinski definition) is 0. The molecule has 3 heteroatoms. The normalized spacial score (nSPS) is 26.9. The predicted octanol–water partition coefficient (Wildman–Crippen LogP) is 2.39. The Morgan fingerprint density at radius 3 is 2.35 bits per heavy atom. The van der Waals surface area contributed by atoms with Gasteiger partial charge in [0.1, 0.15) is 0 Å². The third kappa shape index (κ3) is 3.08. The fraction of sp³-hybridized carbons (Fsp3) is 0.857. The molecule has 0 N–H and O–H groups in total. The summed E-state index contributed by atoms with van der Waals surface area (Å²) >= 11 is 0. The van der Waals surface area contributed by atoms with Gasteiger partial charge >= 0.3 is 0 Å². The lowest BCUT2D eigenvalue weighted by Gasteiger charge is -2.31. The van der Waals surface area contributed by atoms with Crippen molar-refractivity contribution in [3.63, 3.8) is 0 Å². The van der Waals surface area contributed by atoms with Gasteiger partial charge in [-0.1, -0.05) is 26.2 Å². The minimum Gasteiger partial charge on any atom is -0.336 e. The number of hydrogen-bond acceptors (Lipinski definition) is 2. The van der Waals surface area contributed by atoms with Gasteiger partial charge in [-0.25, -0.2) is 0 Å². The molecule has 1 saturated carbocycles. The number of rotatable bonds is 2. The van der Waals surface area contributed by atoms with Gasteiger partial charge in [-0.2, -0.15) is 0 Å². The molecule has 1 atom stereocenters. The van der Waals surface area contributed by atoms with Crippen LogP contribution < -0.4 is 0 Å². The zero-order chi connectivity index (χ0) is 12.3. The number of ketones is 1. The fourth-order valence-electron chi connectivity index (χ4n) is 3.07. The van der Waals surface area contributed by atoms with E-state index in [2.05, 4.69) is 6.92 Å². The number of nitrogens with zero attached hydrogens (tertiary/aromatic N) is 1. The maximum Gasteiger partial charge on any atom is 0.290 e. The van der Waals surface area contributed by atoms with E-state index in [1.165, 1.54) is 12.8 Å². The SMILES string of the molecule is CC1CCCN(C(=O)C(=O)C2CCCCC2)C1. The molecule has 2 fully saturated rings. The van der Waals surface area contributed by atoms with Crippen LogP contribution in [0.2, 0.25) is 0 Å². The van der Waals surface area contributed by atoms with E-state index in [1.54, 1.807) is 4.90 Å². The maximum absolute atomic E-state index is 12.1. The van der Waals surface area contributed by atoms with Crippen molar-refractivity contribution in [3.05, 3.63) is 0 Å². The average molecular weight is 237 g/mol. The van der Waals surface area contributed by atoms with E-state index in [0.29, 0.717) is 5.92 Å². The summed E-state index contributed by atoms with van der Waals surface area (Å²) in [6.45, 7) is 3.71. The van der Waals surface area contributed by atoms with Gasteiger partial charge in [0.25, 0.3) is 5.91 Å². The summed E-state index contributed by atoms with van der Waals surface area (Å²) < 4.78 is 0. The fourth-order valence-corrected chi connectivity index (χ4v) is 3.07. The second kappa shape index (κ2) is 5.65. The molecule has 1 unspecified atom stereocenters. The third-order valence-corrected chi connectivity index (χ3v) is 4.13. The molecule has 2 rings (SSSR count). The van der Waals surface area contributed by atoms with Gasteiger partial charge in [-0.05, 0) is 31.6 Å². The topological polar surface area (TPSA) is 37.4 Å². The van der Waals surface area contributed by atoms with Crippen molar-refractivity contribution in [1.29, 1.82) is 0 Å². The average Bonchev–Trinajstić information content (AvgIpc) is 2.38. The quantitative estimate of drug-likeness (QED) is 0.692. The summed E-state index contributed by atoms with van der Waals surface area (Å²) in [6.07, 6.45) is 7.52. The molecule has 17 heavy (non-hydrogen) atoms. The molecule has 1 amide bonds. The molecule has 0 aromatic rings. The van der Waals surface area contributed by atoms with Crippen molar-refractivity contribution < 1.29 is 9.59 Å². The molecule has 1 aliphatic carbocycles. The summed E-state index contributed by atoms with van der Waals surface area (Å²) in [5.74, 6) is 0.252. The van der Waals surface area contributed by atoms with Crippen LogP contribution in [0.4, 0.5) is 0 Å². The summed E-state index contributed by atoms with van der Waals surface area (Å²) in [5, 5.41) is 0. The van der Waals surface area contributed by atoms with E-state index in [9.17, 15) is 9.59 Å². The molecule has 1 heterocycles. The van der Waals surface area contributed by atoms with Crippen molar-refractivity contribution in [2.75, 3.05) is 13.1 Å². The maximum atomic E-state index is 12.1. The Kier molecular flexibility index (Phi) is 4.19. The van der Waals surface area contributed by atoms with Crippen LogP contribution in [0.5, 0.6) is 0 Å². The van der Waals surface area contributed by atoms with Crippen LogP contribution in [-0.4, -0.2) is 29.7 Å². The number of piperidine rings is 1. The Labute approximate surface area is 104 Å². The van der Waals surface area contributed by atoms with E-state index in [4.69, 9.17) is 0 Å². The Hall–Kier alpha value is -0.860. The van der Waals surface area contributed by atoms with E-state index < -0.39 is 0 Å². The molecule has 3 nitrogen and oxygen atoms in total. The highest BCUT2D eigenvalue weighted by atomic mass is 16.2. The van der Waals surface area contributed by atoms with Crippen LogP contribution in [0.25, 0.3) is 0 Å². The summed E-state index contributed by atoms with van der Waals surface area (Å²) in [5.41, 5.74) is 0. The van der Waals surface area contributed by atoms with Crippen LogP contribution >= 0.6 is 0 Å². The van der Waals surface area contributed by atoms with Gasteiger partial charge in [-0.3, -0.25) is 9.59 Å². The van der Waals surface area contributed by atoms with E-state index >= 15 is 0 Å². The highest BCUT2D eigenvalue weighted by Gasteiger charge is 2.31. The van der Waals surface area contributed by atoms with Gasteiger partial charge in [0, 0.05) is 19.0 Å². The smallest absolute Gasteiger partial charge is 0.290 e. The van der Waals surface area contributed by atoms with Gasteiger partial charge in [0.2, 0.25) is 5.78 Å². The van der Waals surface area contributed by atoms with Crippen molar-refractivity contribution in [2.45, 2.75) is 51.9 Å². The number of carbonyl (C=O) groups is 2. The molecule has 0 aromatic heterocycles. The molecular formula is C14H23NO2. The number of amides is 1. The summed E-state index contributed by atoms with van der Waals surface area (Å²) in [7, 11) is 0. The molecule has 96 valence electrons. The molecule has 2 aliphatic rings. The number of Topliss-reactive ketones (excluding diaryl/α,β-unsaturated/α-hetero) is 1. The predicted molar refractivity (Wildman–Crippen MR) is 66.6 cm³/mol. The zero-order valence-electron chi connectivity index (χ0n) is 10.8. The highest BCUT2D eigenvalue weighted by Crippen LogP contribution is 2.25. The highest BCUT2D eigenvalue weighted by molar-refractivity contribution is 6.36. The first-order valence-corrected chi connectivity index (χ1v) is 7.01. The first-order chi connectivity index (χ1) is 8.18. The third-order valence-electron chi connectivity index (χ3n) is 4.13. The number of likely N-dealkylation sites (tertiary alicyclic amines) is 1. The van der Waals surface area contributed by atoms with E-state index in [-0.39, 0.29) is 17.6 Å². The number of carbonyl (C=O) groups excluding carboxylic acids is 2. The van der Waals surface area contributed by atoms with Crippen molar-refractivity contribution in [1.82, 2.24) is 4.90 Å². The molecule has 1 saturated heterocycles. The van der Waals surface area contributed by atoms with Crippen LogP contribution in [0.3, 0.4) is 0 Å². The Morgan fingerprint density at radius 1 is 1.00 bits per heavy atom. The lowest BCUT2D eigenvalue weighted by Crippen LogP contribution is -2.44. The van der Waals surface area contributed by atoms with Gasteiger partial charge in [0.15, 0.2) is 0 Å². The second-order valence-corrected chi connectivity index (χ2v) is 5.70. The first kappa shape index (κ1) is 12.6. The minimum atomic E-state index is -0.205. The summed E-state index contributed by atoms with van der Waals surface area (Å²) in [6, 6.07) is 0.